The number of carbonyl (C=O) groups excluding carboxylic acids is 4. The van der Waals surface area contributed by atoms with Gasteiger partial charge in [0, 0.05) is 25.1 Å². The molecule has 1 fully saturated rings. The van der Waals surface area contributed by atoms with Gasteiger partial charge in [-0.3, -0.25) is 24.1 Å². The highest BCUT2D eigenvalue weighted by Crippen LogP contribution is 2.30. The van der Waals surface area contributed by atoms with E-state index in [0.717, 1.165) is 36.1 Å². The van der Waals surface area contributed by atoms with Crippen LogP contribution in [0.4, 0.5) is 0 Å². The molecule has 2 aliphatic heterocycles. The highest BCUT2D eigenvalue weighted by atomic mass is 16.6. The molecule has 2 unspecified atom stereocenters. The minimum atomic E-state index is -0.916. The van der Waals surface area contributed by atoms with Crippen LogP contribution in [0.3, 0.4) is 0 Å². The van der Waals surface area contributed by atoms with Gasteiger partial charge in [0.05, 0.1) is 7.11 Å². The monoisotopic (exact) mass is 565 g/mol. The topological polar surface area (TPSA) is 128 Å². The number of hydrogen-bond donors (Lipinski definition) is 1. The van der Waals surface area contributed by atoms with Gasteiger partial charge < -0.3 is 24.8 Å². The van der Waals surface area contributed by atoms with Crippen LogP contribution in [0.25, 0.3) is 0 Å². The maximum atomic E-state index is 13.1. The Kier molecular flexibility index (Phi) is 9.32. The van der Waals surface area contributed by atoms with E-state index >= 15 is 0 Å². The Morgan fingerprint density at radius 2 is 1.83 bits per heavy atom. The van der Waals surface area contributed by atoms with E-state index in [1.165, 1.54) is 12.0 Å². The second kappa shape index (κ2) is 12.7. The molecule has 2 aliphatic rings. The minimum absolute atomic E-state index is 0.0182. The van der Waals surface area contributed by atoms with Gasteiger partial charge in [0.1, 0.15) is 30.0 Å². The Labute approximate surface area is 240 Å². The summed E-state index contributed by atoms with van der Waals surface area (Å²) in [6.45, 7) is 7.57. The van der Waals surface area contributed by atoms with Gasteiger partial charge in [0.2, 0.25) is 5.91 Å². The van der Waals surface area contributed by atoms with Crippen LogP contribution in [-0.4, -0.2) is 64.9 Å². The van der Waals surface area contributed by atoms with Crippen molar-refractivity contribution in [2.24, 2.45) is 5.73 Å². The van der Waals surface area contributed by atoms with Gasteiger partial charge in [-0.15, -0.1) is 0 Å². The molecule has 41 heavy (non-hydrogen) atoms. The first kappa shape index (κ1) is 30.0. The maximum Gasteiger partial charge on any atom is 0.323 e. The molecule has 10 heteroatoms. The lowest BCUT2D eigenvalue weighted by Crippen LogP contribution is -2.45. The van der Waals surface area contributed by atoms with Crippen LogP contribution < -0.4 is 10.5 Å². The van der Waals surface area contributed by atoms with E-state index in [9.17, 15) is 19.2 Å². The molecule has 2 aromatic rings. The molecule has 1 saturated heterocycles. The molecule has 10 nitrogen and oxygen atoms in total. The average Bonchev–Trinajstić information content (AvgIpc) is 3.52. The van der Waals surface area contributed by atoms with Crippen molar-refractivity contribution < 1.29 is 33.4 Å². The lowest BCUT2D eigenvalue weighted by Gasteiger charge is -2.27. The van der Waals surface area contributed by atoms with Crippen molar-refractivity contribution in [2.75, 3.05) is 13.7 Å². The van der Waals surface area contributed by atoms with E-state index in [0.29, 0.717) is 17.9 Å². The van der Waals surface area contributed by atoms with Crippen LogP contribution >= 0.6 is 0 Å². The summed E-state index contributed by atoms with van der Waals surface area (Å²) in [4.78, 5) is 53.1. The van der Waals surface area contributed by atoms with E-state index in [1.807, 2.05) is 51.1 Å². The largest absolute Gasteiger partial charge is 0.489 e. The number of carbonyl (C=O) groups is 4. The fraction of sp³-hybridized carbons (Fsp3) is 0.484. The van der Waals surface area contributed by atoms with Gasteiger partial charge >= 0.3 is 11.9 Å². The van der Waals surface area contributed by atoms with E-state index in [2.05, 4.69) is 9.64 Å². The van der Waals surface area contributed by atoms with Crippen molar-refractivity contribution in [2.45, 2.75) is 83.8 Å². The molecule has 2 atom stereocenters. The first-order valence-corrected chi connectivity index (χ1v) is 13.9. The number of esters is 2. The van der Waals surface area contributed by atoms with Crippen LogP contribution in [0.2, 0.25) is 0 Å². The van der Waals surface area contributed by atoms with Crippen molar-refractivity contribution in [1.82, 2.24) is 9.80 Å². The zero-order chi connectivity index (χ0) is 29.7. The van der Waals surface area contributed by atoms with Crippen molar-refractivity contribution >= 4 is 23.8 Å². The molecule has 0 aliphatic carbocycles. The summed E-state index contributed by atoms with van der Waals surface area (Å²) < 4.78 is 16.3. The average molecular weight is 566 g/mol. The van der Waals surface area contributed by atoms with Crippen LogP contribution in [0, 0.1) is 0 Å². The number of ether oxygens (including phenoxy) is 3. The van der Waals surface area contributed by atoms with E-state index in [1.54, 1.807) is 12.1 Å². The second-order valence-corrected chi connectivity index (χ2v) is 11.5. The summed E-state index contributed by atoms with van der Waals surface area (Å²) in [6.07, 6.45) is 1.83. The van der Waals surface area contributed by atoms with Crippen LogP contribution in [-0.2, 0) is 43.6 Å². The van der Waals surface area contributed by atoms with Crippen LogP contribution in [0.15, 0.2) is 42.5 Å². The fourth-order valence-corrected chi connectivity index (χ4v) is 5.35. The number of benzene rings is 2. The summed E-state index contributed by atoms with van der Waals surface area (Å²) in [7, 11) is 1.27. The second-order valence-electron chi connectivity index (χ2n) is 11.5. The molecule has 2 heterocycles. The first-order chi connectivity index (χ1) is 19.5. The molecule has 0 bridgehead atoms. The highest BCUT2D eigenvalue weighted by Gasteiger charge is 2.37. The number of nitrogens with zero attached hydrogens (tertiary/aromatic N) is 2. The summed E-state index contributed by atoms with van der Waals surface area (Å²) in [5, 5.41) is 0. The Balaban J connectivity index is 1.37. The Bertz CT molecular complexity index is 1290. The van der Waals surface area contributed by atoms with Gasteiger partial charge in [-0.25, -0.2) is 0 Å². The molecule has 0 radical (unpaired) electrons. The lowest BCUT2D eigenvalue weighted by molar-refractivity contribution is -0.160. The summed E-state index contributed by atoms with van der Waals surface area (Å²) in [5.74, 6) is -0.937. The zero-order valence-corrected chi connectivity index (χ0v) is 24.2. The maximum absolute atomic E-state index is 13.1. The third kappa shape index (κ3) is 7.43. The predicted octanol–water partition coefficient (Wildman–Crippen LogP) is 3.33. The predicted molar refractivity (Wildman–Crippen MR) is 151 cm³/mol. The zero-order valence-electron chi connectivity index (χ0n) is 24.2. The van der Waals surface area contributed by atoms with Crippen molar-refractivity contribution in [1.29, 1.82) is 0 Å². The molecule has 4 rings (SSSR count). The lowest BCUT2D eigenvalue weighted by atomic mass is 10.0. The molecule has 0 saturated carbocycles. The molecular weight excluding hydrogens is 526 g/mol. The highest BCUT2D eigenvalue weighted by molar-refractivity contribution is 6.01. The van der Waals surface area contributed by atoms with E-state index in [-0.39, 0.29) is 43.9 Å². The van der Waals surface area contributed by atoms with Crippen molar-refractivity contribution in [3.8, 4) is 5.75 Å². The number of fused-ring (bicyclic) bond motifs is 1. The molecule has 0 aromatic heterocycles. The normalized spacial score (nSPS) is 17.7. The van der Waals surface area contributed by atoms with Crippen LogP contribution in [0.5, 0.6) is 5.75 Å². The molecule has 2 N–H and O–H groups in total. The smallest absolute Gasteiger partial charge is 0.323 e. The van der Waals surface area contributed by atoms with Crippen LogP contribution in [0.1, 0.15) is 73.5 Å². The van der Waals surface area contributed by atoms with Gasteiger partial charge in [0.15, 0.2) is 0 Å². The molecular formula is C31H39N3O7. The fourth-order valence-electron chi connectivity index (χ4n) is 5.35. The number of amides is 2. The van der Waals surface area contributed by atoms with Crippen molar-refractivity contribution in [3.63, 3.8) is 0 Å². The SMILES string of the molecule is COC(=O)CCC(C(N)=O)N1Cc2c(COc3ccc(CN4CCCC4C(=O)OC(C)(C)C)cc3)cccc2C1=O. The van der Waals surface area contributed by atoms with E-state index in [4.69, 9.17) is 15.2 Å². The summed E-state index contributed by atoms with van der Waals surface area (Å²) in [6, 6.07) is 12.0. The van der Waals surface area contributed by atoms with E-state index < -0.39 is 23.5 Å². The minimum Gasteiger partial charge on any atom is -0.489 e. The summed E-state index contributed by atoms with van der Waals surface area (Å²) in [5.41, 5.74) is 8.25. The van der Waals surface area contributed by atoms with Crippen molar-refractivity contribution in [3.05, 3.63) is 64.7 Å². The number of likely N-dealkylation sites (tertiary alicyclic amines) is 1. The first-order valence-electron chi connectivity index (χ1n) is 13.9. The Hall–Kier alpha value is -3.92. The van der Waals surface area contributed by atoms with Gasteiger partial charge in [-0.05, 0) is 81.5 Å². The molecule has 2 amide bonds. The number of primary amides is 1. The Morgan fingerprint density at radius 3 is 2.49 bits per heavy atom. The molecule has 0 spiro atoms. The number of rotatable bonds is 11. The Morgan fingerprint density at radius 1 is 1.10 bits per heavy atom. The number of methoxy groups -OCH3 is 1. The molecule has 2 aromatic carbocycles. The summed E-state index contributed by atoms with van der Waals surface area (Å²) >= 11 is 0. The third-order valence-corrected chi connectivity index (χ3v) is 7.39. The number of nitrogens with two attached hydrogens (primary N) is 1. The quantitative estimate of drug-likeness (QED) is 0.411. The number of hydrogen-bond acceptors (Lipinski definition) is 8. The van der Waals surface area contributed by atoms with Gasteiger partial charge in [0.25, 0.3) is 5.91 Å². The third-order valence-electron chi connectivity index (χ3n) is 7.39. The standard InChI is InChI=1S/C31H39N3O7/c1-31(2,3)41-30(38)26-9-6-16-33(26)17-20-10-12-22(13-11-20)40-19-21-7-5-8-23-24(21)18-34(29(23)37)25(28(32)36)14-15-27(35)39-4/h5,7-8,10-13,25-26H,6,9,14-19H2,1-4H3,(H2,32,36). The van der Waals surface area contributed by atoms with Gasteiger partial charge in [-0.1, -0.05) is 24.3 Å². The molecule has 220 valence electrons. The van der Waals surface area contributed by atoms with Gasteiger partial charge in [-0.2, -0.15) is 0 Å².